The van der Waals surface area contributed by atoms with E-state index in [-0.39, 0.29) is 18.1 Å². The number of imidazole rings is 1. The minimum absolute atomic E-state index is 0. The highest BCUT2D eigenvalue weighted by Gasteiger charge is 2.30. The first kappa shape index (κ1) is 22.9. The quantitative estimate of drug-likeness (QED) is 0.632. The van der Waals surface area contributed by atoms with Crippen LogP contribution < -0.4 is 5.69 Å². The first-order chi connectivity index (χ1) is 13.6. The molecule has 162 valence electrons. The van der Waals surface area contributed by atoms with Gasteiger partial charge in [-0.05, 0) is 69.6 Å². The number of rotatable bonds is 5. The van der Waals surface area contributed by atoms with E-state index < -0.39 is 0 Å². The smallest absolute Gasteiger partial charge is 0.326 e. The number of H-pyrrole nitrogens is 1. The van der Waals surface area contributed by atoms with Crippen LogP contribution in [0.15, 0.2) is 21.4 Å². The highest BCUT2D eigenvalue weighted by atomic mass is 79.9. The molecule has 1 aliphatic carbocycles. The third-order valence-corrected chi connectivity index (χ3v) is 7.43. The SMILES string of the molecule is CCCO[C@H]1CC[C@H](N2CCC(n3c(=O)[nH]c4cc(Br)c(C)cc43)CC2)CC1.Cl. The molecule has 0 spiro atoms. The molecule has 1 saturated carbocycles. The Morgan fingerprint density at radius 1 is 1.10 bits per heavy atom. The summed E-state index contributed by atoms with van der Waals surface area (Å²) in [4.78, 5) is 18.3. The minimum Gasteiger partial charge on any atom is -0.378 e. The summed E-state index contributed by atoms with van der Waals surface area (Å²) in [6.45, 7) is 7.33. The predicted molar refractivity (Wildman–Crippen MR) is 124 cm³/mol. The zero-order chi connectivity index (χ0) is 19.7. The topological polar surface area (TPSA) is 50.3 Å². The van der Waals surface area contributed by atoms with Gasteiger partial charge in [0, 0.05) is 36.3 Å². The molecule has 1 N–H and O–H groups in total. The molecule has 29 heavy (non-hydrogen) atoms. The molecule has 1 aromatic carbocycles. The summed E-state index contributed by atoms with van der Waals surface area (Å²) in [5.41, 5.74) is 3.16. The van der Waals surface area contributed by atoms with Crippen LogP contribution in [-0.2, 0) is 4.74 Å². The number of halogens is 2. The molecule has 2 aliphatic rings. The van der Waals surface area contributed by atoms with Gasteiger partial charge in [0.2, 0.25) is 0 Å². The number of hydrogen-bond acceptors (Lipinski definition) is 3. The lowest BCUT2D eigenvalue weighted by molar-refractivity contribution is 0.00254. The zero-order valence-corrected chi connectivity index (χ0v) is 19.9. The molecule has 1 aliphatic heterocycles. The van der Waals surface area contributed by atoms with Crippen LogP contribution in [0.4, 0.5) is 0 Å². The van der Waals surface area contributed by atoms with Crippen molar-refractivity contribution < 1.29 is 4.74 Å². The predicted octanol–water partition coefficient (Wildman–Crippen LogP) is 5.20. The summed E-state index contributed by atoms with van der Waals surface area (Å²) in [5, 5.41) is 0. The third kappa shape index (κ3) is 4.92. The highest BCUT2D eigenvalue weighted by molar-refractivity contribution is 9.10. The molecule has 2 aromatic rings. The molecule has 4 rings (SSSR count). The number of ether oxygens (including phenoxy) is 1. The lowest BCUT2D eigenvalue weighted by Crippen LogP contribution is -2.45. The maximum absolute atomic E-state index is 12.6. The van der Waals surface area contributed by atoms with E-state index in [1.807, 2.05) is 10.6 Å². The van der Waals surface area contributed by atoms with E-state index in [1.165, 1.54) is 31.2 Å². The molecule has 0 amide bonds. The summed E-state index contributed by atoms with van der Waals surface area (Å²) in [7, 11) is 0. The fourth-order valence-electron chi connectivity index (χ4n) is 4.98. The van der Waals surface area contributed by atoms with Crippen molar-refractivity contribution in [2.45, 2.75) is 77.0 Å². The second-order valence-electron chi connectivity index (χ2n) is 8.49. The van der Waals surface area contributed by atoms with Gasteiger partial charge in [-0.15, -0.1) is 12.4 Å². The van der Waals surface area contributed by atoms with Gasteiger partial charge in [0.25, 0.3) is 0 Å². The molecule has 1 aromatic heterocycles. The number of piperidine rings is 1. The Balaban J connectivity index is 0.00000240. The number of likely N-dealkylation sites (tertiary alicyclic amines) is 1. The van der Waals surface area contributed by atoms with Crippen LogP contribution in [0, 0.1) is 6.92 Å². The van der Waals surface area contributed by atoms with E-state index in [4.69, 9.17) is 4.74 Å². The van der Waals surface area contributed by atoms with Gasteiger partial charge in [-0.25, -0.2) is 4.79 Å². The number of benzene rings is 1. The number of aryl methyl sites for hydroxylation is 1. The highest BCUT2D eigenvalue weighted by Crippen LogP contribution is 2.32. The van der Waals surface area contributed by atoms with Gasteiger partial charge in [0.1, 0.15) is 0 Å². The summed E-state index contributed by atoms with van der Waals surface area (Å²) >= 11 is 3.57. The van der Waals surface area contributed by atoms with E-state index in [2.05, 4.69) is 45.7 Å². The number of aromatic amines is 1. The Labute approximate surface area is 187 Å². The molecular formula is C22H33BrClN3O2. The summed E-state index contributed by atoms with van der Waals surface area (Å²) < 4.78 is 8.99. The second-order valence-corrected chi connectivity index (χ2v) is 9.34. The van der Waals surface area contributed by atoms with Crippen molar-refractivity contribution in [3.8, 4) is 0 Å². The molecule has 0 radical (unpaired) electrons. The number of fused-ring (bicyclic) bond motifs is 1. The fourth-order valence-corrected chi connectivity index (χ4v) is 5.33. The molecule has 0 unspecified atom stereocenters. The van der Waals surface area contributed by atoms with Crippen molar-refractivity contribution in [3.05, 3.63) is 32.7 Å². The first-order valence-corrected chi connectivity index (χ1v) is 11.6. The summed E-state index contributed by atoms with van der Waals surface area (Å²) in [6, 6.07) is 5.14. The largest absolute Gasteiger partial charge is 0.378 e. The maximum Gasteiger partial charge on any atom is 0.326 e. The standard InChI is InChI=1S/C22H32BrN3O2.ClH/c1-3-12-28-18-6-4-16(5-7-18)25-10-8-17(9-11-25)26-21-13-15(2)19(23)14-20(21)24-22(26)27;/h13-14,16-18H,3-12H2,1-2H3,(H,24,27);1H/t16-,18-;. The average Bonchev–Trinajstić information content (AvgIpc) is 3.02. The molecule has 5 nitrogen and oxygen atoms in total. The maximum atomic E-state index is 12.6. The minimum atomic E-state index is 0. The fraction of sp³-hybridized carbons (Fsp3) is 0.682. The van der Waals surface area contributed by atoms with E-state index in [0.29, 0.717) is 18.2 Å². The third-order valence-electron chi connectivity index (χ3n) is 6.58. The van der Waals surface area contributed by atoms with Gasteiger partial charge >= 0.3 is 5.69 Å². The molecule has 0 atom stereocenters. The van der Waals surface area contributed by atoms with E-state index in [9.17, 15) is 4.79 Å². The Kier molecular flexibility index (Phi) is 7.87. The van der Waals surface area contributed by atoms with Crippen molar-refractivity contribution >= 4 is 39.4 Å². The van der Waals surface area contributed by atoms with Gasteiger partial charge < -0.3 is 14.6 Å². The summed E-state index contributed by atoms with van der Waals surface area (Å²) in [6.07, 6.45) is 8.57. The Hall–Kier alpha value is -0.820. The molecule has 0 bridgehead atoms. The lowest BCUT2D eigenvalue weighted by atomic mass is 9.90. The van der Waals surface area contributed by atoms with Gasteiger partial charge in [0.05, 0.1) is 17.1 Å². The molecule has 2 heterocycles. The molecular weight excluding hydrogens is 454 g/mol. The van der Waals surface area contributed by atoms with E-state index in [1.54, 1.807) is 0 Å². The Morgan fingerprint density at radius 2 is 1.79 bits per heavy atom. The van der Waals surface area contributed by atoms with Crippen molar-refractivity contribution in [3.63, 3.8) is 0 Å². The molecule has 2 fully saturated rings. The van der Waals surface area contributed by atoms with Crippen LogP contribution in [0.3, 0.4) is 0 Å². The van der Waals surface area contributed by atoms with E-state index in [0.717, 1.165) is 54.5 Å². The number of nitrogens with zero attached hydrogens (tertiary/aromatic N) is 2. The van der Waals surface area contributed by atoms with Gasteiger partial charge in [0.15, 0.2) is 0 Å². The van der Waals surface area contributed by atoms with Crippen LogP contribution in [0.2, 0.25) is 0 Å². The second kappa shape index (κ2) is 9.99. The van der Waals surface area contributed by atoms with Crippen molar-refractivity contribution in [1.82, 2.24) is 14.5 Å². The van der Waals surface area contributed by atoms with Crippen LogP contribution >= 0.6 is 28.3 Å². The van der Waals surface area contributed by atoms with Crippen molar-refractivity contribution in [1.29, 1.82) is 0 Å². The average molecular weight is 487 g/mol. The number of aromatic nitrogens is 2. The first-order valence-electron chi connectivity index (χ1n) is 10.8. The summed E-state index contributed by atoms with van der Waals surface area (Å²) in [5.74, 6) is 0. The monoisotopic (exact) mass is 485 g/mol. The van der Waals surface area contributed by atoms with Gasteiger partial charge in [-0.2, -0.15) is 0 Å². The van der Waals surface area contributed by atoms with Crippen LogP contribution in [0.1, 0.15) is 63.5 Å². The van der Waals surface area contributed by atoms with Crippen LogP contribution in [-0.4, -0.2) is 46.3 Å². The van der Waals surface area contributed by atoms with E-state index >= 15 is 0 Å². The molecule has 1 saturated heterocycles. The Bertz CT molecular complexity index is 865. The lowest BCUT2D eigenvalue weighted by Gasteiger charge is -2.41. The zero-order valence-electron chi connectivity index (χ0n) is 17.5. The van der Waals surface area contributed by atoms with Gasteiger partial charge in [-0.1, -0.05) is 22.9 Å². The van der Waals surface area contributed by atoms with Crippen molar-refractivity contribution in [2.75, 3.05) is 19.7 Å². The van der Waals surface area contributed by atoms with Gasteiger partial charge in [-0.3, -0.25) is 4.57 Å². The Morgan fingerprint density at radius 3 is 2.45 bits per heavy atom. The molecule has 7 heteroatoms. The number of nitrogens with one attached hydrogen (secondary N) is 1. The van der Waals surface area contributed by atoms with Crippen LogP contribution in [0.25, 0.3) is 11.0 Å². The number of hydrogen-bond donors (Lipinski definition) is 1. The van der Waals surface area contributed by atoms with Crippen molar-refractivity contribution in [2.24, 2.45) is 0 Å². The normalized spacial score (nSPS) is 24.0. The van der Waals surface area contributed by atoms with Crippen LogP contribution in [0.5, 0.6) is 0 Å².